The molecule has 2 aromatic heterocycles. The first-order valence-corrected chi connectivity index (χ1v) is 9.77. The fraction of sp³-hybridized carbons (Fsp3) is 0.533. The van der Waals surface area contributed by atoms with Crippen molar-refractivity contribution >= 4 is 15.9 Å². The largest absolute Gasteiger partial charge is 0.348 e. The lowest BCUT2D eigenvalue weighted by molar-refractivity contribution is -0.123. The van der Waals surface area contributed by atoms with Crippen LogP contribution in [0.5, 0.6) is 0 Å². The Bertz CT molecular complexity index is 916. The molecule has 0 bridgehead atoms. The Morgan fingerprint density at radius 3 is 2.92 bits per heavy atom. The van der Waals surface area contributed by atoms with Gasteiger partial charge in [-0.05, 0) is 12.8 Å². The molecule has 134 valence electrons. The smallest absolute Gasteiger partial charge is 0.258 e. The van der Waals surface area contributed by atoms with E-state index in [4.69, 9.17) is 0 Å². The number of nitrogens with zero attached hydrogens (tertiary/aromatic N) is 4. The van der Waals surface area contributed by atoms with Gasteiger partial charge in [-0.2, -0.15) is 5.10 Å². The quantitative estimate of drug-likeness (QED) is 0.784. The Morgan fingerprint density at radius 1 is 1.32 bits per heavy atom. The summed E-state index contributed by atoms with van der Waals surface area (Å²) in [5.41, 5.74) is 0.779. The maximum Gasteiger partial charge on any atom is 0.258 e. The predicted octanol–water partition coefficient (Wildman–Crippen LogP) is -0.139. The number of piperidine rings is 1. The Kier molecular flexibility index (Phi) is 3.88. The van der Waals surface area contributed by atoms with E-state index in [1.165, 1.54) is 6.20 Å². The second-order valence-electron chi connectivity index (χ2n) is 6.53. The highest BCUT2D eigenvalue weighted by atomic mass is 32.2. The highest BCUT2D eigenvalue weighted by Gasteiger charge is 2.35. The third-order valence-electron chi connectivity index (χ3n) is 4.75. The minimum absolute atomic E-state index is 0.0884. The lowest BCUT2D eigenvalue weighted by Crippen LogP contribution is -2.50. The third-order valence-corrected chi connectivity index (χ3v) is 6.24. The van der Waals surface area contributed by atoms with Crippen LogP contribution in [-0.4, -0.2) is 39.7 Å². The Balaban J connectivity index is 1.62. The first-order chi connectivity index (χ1) is 11.9. The molecule has 10 heteroatoms. The third kappa shape index (κ3) is 2.95. The lowest BCUT2D eigenvalue weighted by Gasteiger charge is -2.32. The summed E-state index contributed by atoms with van der Waals surface area (Å²) in [4.78, 5) is 16.0. The average Bonchev–Trinajstić information content (AvgIpc) is 3.24. The van der Waals surface area contributed by atoms with E-state index >= 15 is 0 Å². The van der Waals surface area contributed by atoms with Crippen LogP contribution in [0.1, 0.15) is 36.7 Å². The maximum atomic E-state index is 12.9. The summed E-state index contributed by atoms with van der Waals surface area (Å²) in [6, 6.07) is -0.870. The highest BCUT2D eigenvalue weighted by molar-refractivity contribution is 7.89. The van der Waals surface area contributed by atoms with E-state index in [-0.39, 0.29) is 17.4 Å². The Hall–Kier alpha value is -2.20. The molecule has 2 aliphatic heterocycles. The molecule has 4 heterocycles. The van der Waals surface area contributed by atoms with Gasteiger partial charge in [0.2, 0.25) is 5.91 Å². The average molecular weight is 364 g/mol. The van der Waals surface area contributed by atoms with Gasteiger partial charge < -0.3 is 9.88 Å². The summed E-state index contributed by atoms with van der Waals surface area (Å²) in [5, 5.41) is 7.19. The van der Waals surface area contributed by atoms with Gasteiger partial charge in [-0.15, -0.1) is 0 Å². The van der Waals surface area contributed by atoms with Crippen LogP contribution in [0.15, 0.2) is 23.6 Å². The fourth-order valence-corrected chi connectivity index (χ4v) is 5.00. The Labute approximate surface area is 145 Å². The number of hydrogen-bond acceptors (Lipinski definition) is 5. The van der Waals surface area contributed by atoms with Gasteiger partial charge in [0, 0.05) is 44.2 Å². The molecule has 2 aromatic rings. The van der Waals surface area contributed by atoms with Crippen molar-refractivity contribution in [2.24, 2.45) is 7.05 Å². The normalized spacial score (nSPS) is 23.5. The van der Waals surface area contributed by atoms with Crippen molar-refractivity contribution in [3.8, 4) is 0 Å². The van der Waals surface area contributed by atoms with Gasteiger partial charge in [0.05, 0.1) is 18.4 Å². The molecule has 0 unspecified atom stereocenters. The van der Waals surface area contributed by atoms with E-state index < -0.39 is 22.1 Å². The van der Waals surface area contributed by atoms with Gasteiger partial charge >= 0.3 is 0 Å². The number of sulfonamides is 1. The molecule has 0 radical (unpaired) electrons. The maximum absolute atomic E-state index is 12.9. The molecule has 0 aliphatic carbocycles. The molecule has 1 saturated heterocycles. The van der Waals surface area contributed by atoms with Crippen LogP contribution in [0.25, 0.3) is 0 Å². The molecule has 2 atom stereocenters. The standard InChI is InChI=1S/C15H20N6O3S/c1-20-9-10(7-17-20)15-11(4-5-13(22)18-15)19-25(23,24)14-8-16-12-3-2-6-21(12)14/h7-9,11,15,19H,2-6H2,1H3,(H,18,22)/t11-,15+/m1/s1. The van der Waals surface area contributed by atoms with Gasteiger partial charge in [0.15, 0.2) is 5.03 Å². The van der Waals surface area contributed by atoms with E-state index in [1.807, 2.05) is 0 Å². The topological polar surface area (TPSA) is 111 Å². The van der Waals surface area contributed by atoms with Crippen LogP contribution in [-0.2, 0) is 34.8 Å². The van der Waals surface area contributed by atoms with Crippen LogP contribution in [0, 0.1) is 0 Å². The molecule has 1 fully saturated rings. The molecule has 0 spiro atoms. The van der Waals surface area contributed by atoms with Crippen LogP contribution in [0.3, 0.4) is 0 Å². The van der Waals surface area contributed by atoms with E-state index in [9.17, 15) is 13.2 Å². The summed E-state index contributed by atoms with van der Waals surface area (Å²) in [7, 11) is -1.94. The van der Waals surface area contributed by atoms with Crippen LogP contribution >= 0.6 is 0 Å². The molecule has 4 rings (SSSR count). The highest BCUT2D eigenvalue weighted by Crippen LogP contribution is 2.26. The first kappa shape index (κ1) is 16.3. The summed E-state index contributed by atoms with van der Waals surface area (Å²) in [5.74, 6) is 0.718. The monoisotopic (exact) mass is 364 g/mol. The van der Waals surface area contributed by atoms with Crippen molar-refractivity contribution in [2.45, 2.75) is 49.3 Å². The zero-order chi connectivity index (χ0) is 17.6. The molecule has 9 nitrogen and oxygen atoms in total. The van der Waals surface area contributed by atoms with Crippen LogP contribution in [0.4, 0.5) is 0 Å². The number of fused-ring (bicyclic) bond motifs is 1. The molecule has 0 saturated carbocycles. The number of carbonyl (C=O) groups is 1. The molecule has 2 N–H and O–H groups in total. The SMILES string of the molecule is Cn1cc([C@@H]2NC(=O)CC[C@H]2NS(=O)(=O)c2cnc3n2CCC3)cn1. The number of hydrogen-bond donors (Lipinski definition) is 2. The van der Waals surface area contributed by atoms with Crippen molar-refractivity contribution in [1.29, 1.82) is 0 Å². The zero-order valence-electron chi connectivity index (χ0n) is 13.8. The summed E-state index contributed by atoms with van der Waals surface area (Å²) < 4.78 is 31.9. The lowest BCUT2D eigenvalue weighted by atomic mass is 9.95. The van der Waals surface area contributed by atoms with Gasteiger partial charge in [-0.25, -0.2) is 18.1 Å². The summed E-state index contributed by atoms with van der Waals surface area (Å²) >= 11 is 0. The Morgan fingerprint density at radius 2 is 2.16 bits per heavy atom. The number of rotatable bonds is 4. The van der Waals surface area contributed by atoms with Crippen LogP contribution in [0.2, 0.25) is 0 Å². The predicted molar refractivity (Wildman–Crippen MR) is 88.0 cm³/mol. The van der Waals surface area contributed by atoms with Crippen molar-refractivity contribution < 1.29 is 13.2 Å². The van der Waals surface area contributed by atoms with Gasteiger partial charge in [0.25, 0.3) is 10.0 Å². The van der Waals surface area contributed by atoms with Gasteiger partial charge in [0.1, 0.15) is 5.82 Å². The van der Waals surface area contributed by atoms with E-state index in [1.54, 1.807) is 28.7 Å². The number of aryl methyl sites for hydroxylation is 2. The second kappa shape index (κ2) is 5.95. The molecule has 1 amide bonds. The number of aromatic nitrogens is 4. The van der Waals surface area contributed by atoms with Crippen LogP contribution < -0.4 is 10.0 Å². The van der Waals surface area contributed by atoms with Crippen molar-refractivity contribution in [2.75, 3.05) is 0 Å². The minimum Gasteiger partial charge on any atom is -0.348 e. The van der Waals surface area contributed by atoms with E-state index in [0.717, 1.165) is 24.2 Å². The van der Waals surface area contributed by atoms with E-state index in [0.29, 0.717) is 13.0 Å². The van der Waals surface area contributed by atoms with E-state index in [2.05, 4.69) is 20.1 Å². The number of imidazole rings is 1. The number of nitrogens with one attached hydrogen (secondary N) is 2. The molecular formula is C15H20N6O3S. The minimum atomic E-state index is -3.72. The molecular weight excluding hydrogens is 344 g/mol. The zero-order valence-corrected chi connectivity index (χ0v) is 14.7. The van der Waals surface area contributed by atoms with Crippen molar-refractivity contribution in [3.05, 3.63) is 30.0 Å². The second-order valence-corrected chi connectivity index (χ2v) is 8.19. The van der Waals surface area contributed by atoms with Gasteiger partial charge in [-0.3, -0.25) is 9.48 Å². The van der Waals surface area contributed by atoms with Crippen molar-refractivity contribution in [3.63, 3.8) is 0 Å². The molecule has 25 heavy (non-hydrogen) atoms. The summed E-state index contributed by atoms with van der Waals surface area (Å²) in [6.07, 6.45) is 7.27. The number of carbonyl (C=O) groups excluding carboxylic acids is 1. The van der Waals surface area contributed by atoms with Crippen molar-refractivity contribution in [1.82, 2.24) is 29.4 Å². The number of amides is 1. The molecule has 0 aromatic carbocycles. The fourth-order valence-electron chi connectivity index (χ4n) is 3.55. The first-order valence-electron chi connectivity index (χ1n) is 8.29. The molecule has 2 aliphatic rings. The van der Waals surface area contributed by atoms with Gasteiger partial charge in [-0.1, -0.05) is 0 Å². The summed E-state index contributed by atoms with van der Waals surface area (Å²) in [6.45, 7) is 0.666.